The first-order chi connectivity index (χ1) is 11.8. The van der Waals surface area contributed by atoms with E-state index < -0.39 is 0 Å². The Kier molecular flexibility index (Phi) is 21.0. The molecule has 0 aromatic rings. The monoisotopic (exact) mass is 338 g/mol. The second-order valence-electron chi connectivity index (χ2n) is 8.34. The highest BCUT2D eigenvalue weighted by Crippen LogP contribution is 2.18. The summed E-state index contributed by atoms with van der Waals surface area (Å²) in [4.78, 5) is 0. The van der Waals surface area contributed by atoms with Gasteiger partial charge in [-0.05, 0) is 5.92 Å². The van der Waals surface area contributed by atoms with Crippen molar-refractivity contribution in [2.75, 3.05) is 0 Å². The van der Waals surface area contributed by atoms with Crippen LogP contribution in [0, 0.1) is 5.92 Å². The lowest BCUT2D eigenvalue weighted by Crippen LogP contribution is -1.95. The first kappa shape index (κ1) is 24.0. The second kappa shape index (κ2) is 21.0. The molecule has 0 nitrogen and oxygen atoms in total. The first-order valence-electron chi connectivity index (χ1n) is 11.8. The molecule has 0 aliphatic heterocycles. The number of hydrogen-bond donors (Lipinski definition) is 0. The molecule has 0 fully saturated rings. The molecule has 0 unspecified atom stereocenters. The molecule has 1 atom stereocenters. The second-order valence-corrected chi connectivity index (χ2v) is 8.34. The lowest BCUT2D eigenvalue weighted by atomic mass is 9.96. The Balaban J connectivity index is 3.06. The maximum absolute atomic E-state index is 2.47. The summed E-state index contributed by atoms with van der Waals surface area (Å²) in [5.41, 5.74) is 0. The normalized spacial score (nSPS) is 12.6. The molecule has 24 heavy (non-hydrogen) atoms. The molecule has 0 radical (unpaired) electrons. The largest absolute Gasteiger partial charge is 0.0654 e. The summed E-state index contributed by atoms with van der Waals surface area (Å²) in [6, 6.07) is 0. The van der Waals surface area contributed by atoms with Crippen LogP contribution in [0.15, 0.2) is 0 Å². The standard InChI is InChI=1S/C24H50/c1-4-6-8-10-11-12-13-14-15-16-17-18-19-21-23-24(3)22-20-9-7-5-2/h24H,4-23H2,1-3H3/t24-/m1/s1. The predicted octanol–water partition coefficient (Wildman–Crippen LogP) is 9.46. The maximum Gasteiger partial charge on any atom is -0.0443 e. The molecule has 0 bridgehead atoms. The molecule has 0 heteroatoms. The molecule has 0 saturated carbocycles. The van der Waals surface area contributed by atoms with Crippen LogP contribution < -0.4 is 0 Å². The van der Waals surface area contributed by atoms with E-state index in [9.17, 15) is 0 Å². The summed E-state index contributed by atoms with van der Waals surface area (Å²) >= 11 is 0. The molecular formula is C24H50. The van der Waals surface area contributed by atoms with Crippen LogP contribution in [0.3, 0.4) is 0 Å². The highest BCUT2D eigenvalue weighted by molar-refractivity contribution is 4.55. The number of rotatable bonds is 20. The van der Waals surface area contributed by atoms with Crippen LogP contribution in [-0.2, 0) is 0 Å². The van der Waals surface area contributed by atoms with Gasteiger partial charge in [0.25, 0.3) is 0 Å². The van der Waals surface area contributed by atoms with Crippen LogP contribution in [0.4, 0.5) is 0 Å². The van der Waals surface area contributed by atoms with Gasteiger partial charge in [-0.2, -0.15) is 0 Å². The van der Waals surface area contributed by atoms with Crippen molar-refractivity contribution in [3.8, 4) is 0 Å². The molecule has 0 aromatic heterocycles. The quantitative estimate of drug-likeness (QED) is 0.194. The summed E-state index contributed by atoms with van der Waals surface area (Å²) in [5.74, 6) is 0.971. The van der Waals surface area contributed by atoms with E-state index in [4.69, 9.17) is 0 Å². The Morgan fingerprint density at radius 1 is 0.375 bits per heavy atom. The van der Waals surface area contributed by atoms with Crippen LogP contribution in [0.5, 0.6) is 0 Å². The van der Waals surface area contributed by atoms with Gasteiger partial charge in [-0.25, -0.2) is 0 Å². The van der Waals surface area contributed by atoms with Crippen molar-refractivity contribution in [1.82, 2.24) is 0 Å². The van der Waals surface area contributed by atoms with Gasteiger partial charge in [-0.3, -0.25) is 0 Å². The SMILES string of the molecule is CCCCCCCCCCCCCCCC[C@H](C)CCCCCC. The van der Waals surface area contributed by atoms with E-state index in [1.807, 2.05) is 0 Å². The Labute approximate surface area is 155 Å². The molecule has 146 valence electrons. The minimum Gasteiger partial charge on any atom is -0.0654 e. The zero-order chi connectivity index (χ0) is 17.7. The molecule has 0 aliphatic rings. The molecule has 0 N–H and O–H groups in total. The van der Waals surface area contributed by atoms with Crippen molar-refractivity contribution in [3.63, 3.8) is 0 Å². The van der Waals surface area contributed by atoms with Crippen LogP contribution in [0.1, 0.15) is 149 Å². The summed E-state index contributed by atoms with van der Waals surface area (Å²) in [7, 11) is 0. The lowest BCUT2D eigenvalue weighted by molar-refractivity contribution is 0.433. The van der Waals surface area contributed by atoms with Gasteiger partial charge < -0.3 is 0 Å². The smallest absolute Gasteiger partial charge is 0.0443 e. The van der Waals surface area contributed by atoms with Gasteiger partial charge in [0, 0.05) is 0 Å². The number of unbranched alkanes of at least 4 members (excludes halogenated alkanes) is 16. The van der Waals surface area contributed by atoms with Crippen molar-refractivity contribution in [3.05, 3.63) is 0 Å². The van der Waals surface area contributed by atoms with Gasteiger partial charge in [0.1, 0.15) is 0 Å². The fourth-order valence-corrected chi connectivity index (χ4v) is 3.75. The van der Waals surface area contributed by atoms with E-state index in [1.54, 1.807) is 0 Å². The Hall–Kier alpha value is 0. The summed E-state index contributed by atoms with van der Waals surface area (Å²) in [6.45, 7) is 7.07. The van der Waals surface area contributed by atoms with Crippen molar-refractivity contribution in [1.29, 1.82) is 0 Å². The Bertz CT molecular complexity index is 208. The molecule has 0 rings (SSSR count). The van der Waals surface area contributed by atoms with Crippen molar-refractivity contribution >= 4 is 0 Å². The topological polar surface area (TPSA) is 0 Å². The Morgan fingerprint density at radius 3 is 0.958 bits per heavy atom. The predicted molar refractivity (Wildman–Crippen MR) is 113 cm³/mol. The molecule has 0 aliphatic carbocycles. The van der Waals surface area contributed by atoms with Gasteiger partial charge in [0.05, 0.1) is 0 Å². The third-order valence-corrected chi connectivity index (χ3v) is 5.60. The summed E-state index contributed by atoms with van der Waals surface area (Å²) in [6.07, 6.45) is 29.3. The van der Waals surface area contributed by atoms with Gasteiger partial charge in [0.15, 0.2) is 0 Å². The minimum atomic E-state index is 0.971. The third-order valence-electron chi connectivity index (χ3n) is 5.60. The first-order valence-corrected chi connectivity index (χ1v) is 11.8. The molecule has 0 heterocycles. The fraction of sp³-hybridized carbons (Fsp3) is 1.00. The zero-order valence-corrected chi connectivity index (χ0v) is 17.7. The van der Waals surface area contributed by atoms with Crippen LogP contribution in [0.2, 0.25) is 0 Å². The van der Waals surface area contributed by atoms with E-state index in [2.05, 4.69) is 20.8 Å². The number of hydrogen-bond acceptors (Lipinski definition) is 0. The zero-order valence-electron chi connectivity index (χ0n) is 17.7. The Morgan fingerprint density at radius 2 is 0.625 bits per heavy atom. The fourth-order valence-electron chi connectivity index (χ4n) is 3.75. The molecule has 0 amide bonds. The van der Waals surface area contributed by atoms with Gasteiger partial charge in [-0.15, -0.1) is 0 Å². The average Bonchev–Trinajstić information content (AvgIpc) is 2.59. The highest BCUT2D eigenvalue weighted by Gasteiger charge is 2.01. The summed E-state index contributed by atoms with van der Waals surface area (Å²) < 4.78 is 0. The molecule has 0 spiro atoms. The summed E-state index contributed by atoms with van der Waals surface area (Å²) in [5, 5.41) is 0. The van der Waals surface area contributed by atoms with Crippen molar-refractivity contribution in [2.24, 2.45) is 5.92 Å². The minimum absolute atomic E-state index is 0.971. The van der Waals surface area contributed by atoms with Crippen LogP contribution >= 0.6 is 0 Å². The molecule has 0 saturated heterocycles. The van der Waals surface area contributed by atoms with E-state index in [0.717, 1.165) is 5.92 Å². The third kappa shape index (κ3) is 20.0. The van der Waals surface area contributed by atoms with Gasteiger partial charge in [0.2, 0.25) is 0 Å². The van der Waals surface area contributed by atoms with E-state index in [0.29, 0.717) is 0 Å². The van der Waals surface area contributed by atoms with Gasteiger partial charge >= 0.3 is 0 Å². The van der Waals surface area contributed by atoms with Gasteiger partial charge in [-0.1, -0.05) is 149 Å². The van der Waals surface area contributed by atoms with Crippen molar-refractivity contribution in [2.45, 2.75) is 149 Å². The maximum atomic E-state index is 2.47. The highest BCUT2D eigenvalue weighted by atomic mass is 14.1. The lowest BCUT2D eigenvalue weighted by Gasteiger charge is -2.10. The molecular weight excluding hydrogens is 288 g/mol. The van der Waals surface area contributed by atoms with Crippen LogP contribution in [-0.4, -0.2) is 0 Å². The van der Waals surface area contributed by atoms with E-state index in [1.165, 1.54) is 128 Å². The molecule has 0 aromatic carbocycles. The average molecular weight is 339 g/mol. The van der Waals surface area contributed by atoms with E-state index >= 15 is 0 Å². The van der Waals surface area contributed by atoms with Crippen LogP contribution in [0.25, 0.3) is 0 Å². The van der Waals surface area contributed by atoms with E-state index in [-0.39, 0.29) is 0 Å². The van der Waals surface area contributed by atoms with Crippen molar-refractivity contribution < 1.29 is 0 Å².